The van der Waals surface area contributed by atoms with Gasteiger partial charge in [-0.2, -0.15) is 0 Å². The van der Waals surface area contributed by atoms with Gasteiger partial charge in [-0.3, -0.25) is 14.9 Å². The number of pyridine rings is 1. The van der Waals surface area contributed by atoms with Crippen LogP contribution in [0, 0.1) is 24.0 Å². The molecule has 0 saturated carbocycles. The molecule has 0 aliphatic heterocycles. The lowest BCUT2D eigenvalue weighted by Gasteiger charge is -2.10. The number of aromatic nitrogens is 1. The maximum atomic E-state index is 12.1. The molecule has 1 heterocycles. The summed E-state index contributed by atoms with van der Waals surface area (Å²) in [7, 11) is 0. The van der Waals surface area contributed by atoms with Crippen LogP contribution in [0.15, 0.2) is 30.5 Å². The van der Waals surface area contributed by atoms with Crippen LogP contribution >= 0.6 is 0 Å². The predicted molar refractivity (Wildman–Crippen MR) is 79.2 cm³/mol. The van der Waals surface area contributed by atoms with E-state index in [0.29, 0.717) is 11.3 Å². The first kappa shape index (κ1) is 14.4. The van der Waals surface area contributed by atoms with Crippen LogP contribution in [0.3, 0.4) is 0 Å². The summed E-state index contributed by atoms with van der Waals surface area (Å²) in [5, 5.41) is 13.6. The van der Waals surface area contributed by atoms with Crippen LogP contribution in [-0.4, -0.2) is 15.8 Å². The fraction of sp³-hybridized carbons (Fsp3) is 0.143. The van der Waals surface area contributed by atoms with Gasteiger partial charge in [0.25, 0.3) is 11.6 Å². The summed E-state index contributed by atoms with van der Waals surface area (Å²) >= 11 is 0. The first-order valence-corrected chi connectivity index (χ1v) is 6.17. The summed E-state index contributed by atoms with van der Waals surface area (Å²) in [5.74, 6) is -0.505. The van der Waals surface area contributed by atoms with E-state index < -0.39 is 10.8 Å². The number of rotatable bonds is 3. The third kappa shape index (κ3) is 2.97. The van der Waals surface area contributed by atoms with E-state index in [9.17, 15) is 14.9 Å². The van der Waals surface area contributed by atoms with E-state index in [-0.39, 0.29) is 17.1 Å². The number of anilines is 2. The molecule has 1 aromatic heterocycles. The molecule has 7 nitrogen and oxygen atoms in total. The van der Waals surface area contributed by atoms with Gasteiger partial charge < -0.3 is 11.1 Å². The van der Waals surface area contributed by atoms with Crippen molar-refractivity contribution in [2.45, 2.75) is 13.8 Å². The summed E-state index contributed by atoms with van der Waals surface area (Å²) < 4.78 is 0. The van der Waals surface area contributed by atoms with E-state index in [1.54, 1.807) is 32.0 Å². The summed E-state index contributed by atoms with van der Waals surface area (Å²) in [6.07, 6.45) is 1.45. The van der Waals surface area contributed by atoms with Gasteiger partial charge in [0.15, 0.2) is 5.69 Å². The monoisotopic (exact) mass is 286 g/mol. The molecule has 0 unspecified atom stereocenters. The number of hydrogen-bond acceptors (Lipinski definition) is 5. The van der Waals surface area contributed by atoms with E-state index in [0.717, 1.165) is 5.56 Å². The predicted octanol–water partition coefficient (Wildman–Crippen LogP) is 2.44. The van der Waals surface area contributed by atoms with Crippen LogP contribution in [0.1, 0.15) is 21.6 Å². The topological polar surface area (TPSA) is 111 Å². The number of carbonyl (C=O) groups is 1. The molecule has 0 atom stereocenters. The highest BCUT2D eigenvalue weighted by Gasteiger charge is 2.17. The van der Waals surface area contributed by atoms with Gasteiger partial charge in [-0.1, -0.05) is 0 Å². The van der Waals surface area contributed by atoms with Gasteiger partial charge in [0.2, 0.25) is 0 Å². The number of nitrogen functional groups attached to an aromatic ring is 1. The zero-order chi connectivity index (χ0) is 15.6. The first-order valence-electron chi connectivity index (χ1n) is 6.17. The molecule has 1 amide bonds. The van der Waals surface area contributed by atoms with Crippen molar-refractivity contribution < 1.29 is 9.72 Å². The van der Waals surface area contributed by atoms with E-state index in [1.165, 1.54) is 12.3 Å². The minimum absolute atomic E-state index is 0.0510. The van der Waals surface area contributed by atoms with Crippen molar-refractivity contribution in [3.63, 3.8) is 0 Å². The van der Waals surface area contributed by atoms with Gasteiger partial charge in [-0.05, 0) is 37.6 Å². The van der Waals surface area contributed by atoms with Gasteiger partial charge in [-0.25, -0.2) is 4.98 Å². The minimum atomic E-state index is -0.505. The van der Waals surface area contributed by atoms with Crippen LogP contribution < -0.4 is 11.1 Å². The highest BCUT2D eigenvalue weighted by Crippen LogP contribution is 2.26. The van der Waals surface area contributed by atoms with Gasteiger partial charge in [-0.15, -0.1) is 0 Å². The standard InChI is InChI=1S/C14H14N4O3/c1-8-6-9(2)12(18(20)21)7-11(8)17-14(19)13-10(15)4-3-5-16-13/h3-7H,15H2,1-2H3,(H,17,19). The fourth-order valence-corrected chi connectivity index (χ4v) is 1.96. The Bertz CT molecular complexity index is 728. The molecular weight excluding hydrogens is 272 g/mol. The molecule has 0 aliphatic carbocycles. The van der Waals surface area contributed by atoms with E-state index in [1.807, 2.05) is 0 Å². The Balaban J connectivity index is 2.36. The molecule has 108 valence electrons. The number of nitrogens with one attached hydrogen (secondary N) is 1. The third-order valence-corrected chi connectivity index (χ3v) is 3.04. The second-order valence-corrected chi connectivity index (χ2v) is 4.61. The summed E-state index contributed by atoms with van der Waals surface area (Å²) in [5.41, 5.74) is 7.58. The highest BCUT2D eigenvalue weighted by atomic mass is 16.6. The molecule has 0 radical (unpaired) electrons. The number of carbonyl (C=O) groups excluding carboxylic acids is 1. The molecule has 0 bridgehead atoms. The zero-order valence-corrected chi connectivity index (χ0v) is 11.6. The molecule has 0 saturated heterocycles. The molecule has 2 rings (SSSR count). The Morgan fingerprint density at radius 3 is 2.67 bits per heavy atom. The van der Waals surface area contributed by atoms with Crippen molar-refractivity contribution in [3.8, 4) is 0 Å². The Morgan fingerprint density at radius 1 is 1.33 bits per heavy atom. The number of hydrogen-bond donors (Lipinski definition) is 2. The highest BCUT2D eigenvalue weighted by molar-refractivity contribution is 6.06. The molecule has 0 spiro atoms. The molecular formula is C14H14N4O3. The quantitative estimate of drug-likeness (QED) is 0.665. The van der Waals surface area contributed by atoms with E-state index in [2.05, 4.69) is 10.3 Å². The van der Waals surface area contributed by atoms with Crippen LogP contribution in [0.25, 0.3) is 0 Å². The van der Waals surface area contributed by atoms with Crippen molar-refractivity contribution in [1.82, 2.24) is 4.98 Å². The number of nitro groups is 1. The van der Waals surface area contributed by atoms with E-state index >= 15 is 0 Å². The van der Waals surface area contributed by atoms with Crippen LogP contribution in [0.4, 0.5) is 17.1 Å². The smallest absolute Gasteiger partial charge is 0.276 e. The molecule has 7 heteroatoms. The number of nitrogens with zero attached hydrogens (tertiary/aromatic N) is 2. The Labute approximate surface area is 121 Å². The Morgan fingerprint density at radius 2 is 2.05 bits per heavy atom. The molecule has 1 aromatic carbocycles. The second-order valence-electron chi connectivity index (χ2n) is 4.61. The summed E-state index contributed by atoms with van der Waals surface area (Å²) in [4.78, 5) is 26.5. The Hall–Kier alpha value is -2.96. The maximum absolute atomic E-state index is 12.1. The van der Waals surface area contributed by atoms with Crippen molar-refractivity contribution in [2.24, 2.45) is 0 Å². The fourth-order valence-electron chi connectivity index (χ4n) is 1.96. The average molecular weight is 286 g/mol. The molecule has 2 aromatic rings. The lowest BCUT2D eigenvalue weighted by atomic mass is 10.1. The zero-order valence-electron chi connectivity index (χ0n) is 11.6. The van der Waals surface area contributed by atoms with Crippen molar-refractivity contribution in [2.75, 3.05) is 11.1 Å². The van der Waals surface area contributed by atoms with Gasteiger partial charge >= 0.3 is 0 Å². The second kappa shape index (κ2) is 5.58. The van der Waals surface area contributed by atoms with Gasteiger partial charge in [0.05, 0.1) is 16.3 Å². The van der Waals surface area contributed by atoms with Crippen molar-refractivity contribution >= 4 is 23.0 Å². The number of nitro benzene ring substituents is 1. The van der Waals surface area contributed by atoms with Crippen LogP contribution in [0.5, 0.6) is 0 Å². The minimum Gasteiger partial charge on any atom is -0.397 e. The van der Waals surface area contributed by atoms with Gasteiger partial charge in [0.1, 0.15) is 0 Å². The number of aryl methyl sites for hydroxylation is 2. The van der Waals surface area contributed by atoms with Crippen LogP contribution in [0.2, 0.25) is 0 Å². The Kier molecular flexibility index (Phi) is 3.84. The van der Waals surface area contributed by atoms with Crippen molar-refractivity contribution in [1.29, 1.82) is 0 Å². The maximum Gasteiger partial charge on any atom is 0.276 e. The largest absolute Gasteiger partial charge is 0.397 e. The molecule has 0 fully saturated rings. The first-order chi connectivity index (χ1) is 9.90. The van der Waals surface area contributed by atoms with Gasteiger partial charge in [0, 0.05) is 17.8 Å². The molecule has 0 aliphatic rings. The number of benzene rings is 1. The number of nitrogens with two attached hydrogens (primary N) is 1. The van der Waals surface area contributed by atoms with E-state index in [4.69, 9.17) is 5.73 Å². The third-order valence-electron chi connectivity index (χ3n) is 3.04. The normalized spacial score (nSPS) is 10.2. The average Bonchev–Trinajstić information content (AvgIpc) is 2.41. The summed E-state index contributed by atoms with van der Waals surface area (Å²) in [6, 6.07) is 6.16. The lowest BCUT2D eigenvalue weighted by Crippen LogP contribution is -2.16. The SMILES string of the molecule is Cc1cc(C)c([N+](=O)[O-])cc1NC(=O)c1ncccc1N. The molecule has 3 N–H and O–H groups in total. The lowest BCUT2D eigenvalue weighted by molar-refractivity contribution is -0.385. The molecule has 21 heavy (non-hydrogen) atoms. The van der Waals surface area contributed by atoms with Crippen molar-refractivity contribution in [3.05, 3.63) is 57.4 Å². The van der Waals surface area contributed by atoms with Crippen LogP contribution in [-0.2, 0) is 0 Å². The number of amides is 1. The summed E-state index contributed by atoms with van der Waals surface area (Å²) in [6.45, 7) is 3.40.